The zero-order valence-electron chi connectivity index (χ0n) is 10.5. The van der Waals surface area contributed by atoms with Crippen molar-refractivity contribution in [1.82, 2.24) is 5.32 Å². The fourth-order valence-electron chi connectivity index (χ4n) is 1.85. The second kappa shape index (κ2) is 5.83. The minimum absolute atomic E-state index is 0.0841. The van der Waals surface area contributed by atoms with Gasteiger partial charge in [0.15, 0.2) is 0 Å². The first-order valence-electron chi connectivity index (χ1n) is 6.00. The molecule has 0 radical (unpaired) electrons. The fourth-order valence-corrected chi connectivity index (χ4v) is 1.85. The average Bonchev–Trinajstić information content (AvgIpc) is 2.44. The summed E-state index contributed by atoms with van der Waals surface area (Å²) in [5.74, 6) is 0. The van der Waals surface area contributed by atoms with Gasteiger partial charge in [0.25, 0.3) is 0 Å². The minimum Gasteiger partial charge on any atom is -0.377 e. The van der Waals surface area contributed by atoms with Gasteiger partial charge in [-0.2, -0.15) is 0 Å². The Kier molecular flexibility index (Phi) is 5.03. The van der Waals surface area contributed by atoms with Crippen LogP contribution in [0.1, 0.15) is 40.5 Å². The highest BCUT2D eigenvalue weighted by Gasteiger charge is 2.30. The van der Waals surface area contributed by atoms with Gasteiger partial charge in [0.1, 0.15) is 0 Å². The number of hydrogen-bond acceptors (Lipinski definition) is 3. The van der Waals surface area contributed by atoms with E-state index in [-0.39, 0.29) is 5.60 Å². The lowest BCUT2D eigenvalue weighted by molar-refractivity contribution is -0.0150. The average molecular weight is 215 g/mol. The van der Waals surface area contributed by atoms with E-state index in [2.05, 4.69) is 33.0 Å². The third kappa shape index (κ3) is 5.50. The molecule has 1 aliphatic rings. The molecule has 0 spiro atoms. The van der Waals surface area contributed by atoms with E-state index in [1.807, 2.05) is 0 Å². The second-order valence-corrected chi connectivity index (χ2v) is 5.16. The molecule has 15 heavy (non-hydrogen) atoms. The molecule has 0 aliphatic carbocycles. The topological polar surface area (TPSA) is 30.5 Å². The molecule has 1 heterocycles. The van der Waals surface area contributed by atoms with Crippen molar-refractivity contribution in [1.29, 1.82) is 0 Å². The van der Waals surface area contributed by atoms with Crippen LogP contribution in [0.15, 0.2) is 0 Å². The Bertz CT molecular complexity index is 180. The zero-order valence-corrected chi connectivity index (χ0v) is 10.5. The minimum atomic E-state index is 0.0841. The Balaban J connectivity index is 1.97. The van der Waals surface area contributed by atoms with E-state index < -0.39 is 0 Å². The van der Waals surface area contributed by atoms with Crippen LogP contribution in [0.3, 0.4) is 0 Å². The first-order valence-corrected chi connectivity index (χ1v) is 6.00. The Hall–Kier alpha value is -0.120. The maximum Gasteiger partial charge on any atom is 0.0707 e. The van der Waals surface area contributed by atoms with Gasteiger partial charge in [-0.3, -0.25) is 0 Å². The Morgan fingerprint density at radius 1 is 1.47 bits per heavy atom. The molecule has 0 saturated carbocycles. The Morgan fingerprint density at radius 3 is 2.73 bits per heavy atom. The maximum absolute atomic E-state index is 5.87. The third-order valence-corrected chi connectivity index (χ3v) is 2.66. The van der Waals surface area contributed by atoms with Gasteiger partial charge in [0, 0.05) is 13.1 Å². The first-order chi connectivity index (χ1) is 6.99. The van der Waals surface area contributed by atoms with Gasteiger partial charge in [0.05, 0.1) is 24.4 Å². The van der Waals surface area contributed by atoms with E-state index in [9.17, 15) is 0 Å². The van der Waals surface area contributed by atoms with Crippen molar-refractivity contribution in [3.63, 3.8) is 0 Å². The molecular formula is C12H25NO2. The maximum atomic E-state index is 5.87. The van der Waals surface area contributed by atoms with E-state index in [1.54, 1.807) is 0 Å². The molecule has 3 nitrogen and oxygen atoms in total. The van der Waals surface area contributed by atoms with Crippen molar-refractivity contribution in [2.45, 2.75) is 58.3 Å². The van der Waals surface area contributed by atoms with Crippen molar-refractivity contribution in [3.8, 4) is 0 Å². The van der Waals surface area contributed by atoms with Crippen molar-refractivity contribution < 1.29 is 9.47 Å². The van der Waals surface area contributed by atoms with Crippen LogP contribution < -0.4 is 5.32 Å². The molecule has 1 N–H and O–H groups in total. The lowest BCUT2D eigenvalue weighted by Crippen LogP contribution is -2.31. The van der Waals surface area contributed by atoms with E-state index in [1.165, 1.54) is 12.8 Å². The quantitative estimate of drug-likeness (QED) is 0.687. The van der Waals surface area contributed by atoms with Crippen LogP contribution in [0.25, 0.3) is 0 Å². The standard InChI is InChI=1S/C12H25NO2/c1-10(2)14-8-7-13-9-11-5-6-12(3,4)15-11/h10-11,13H,5-9H2,1-4H3. The highest BCUT2D eigenvalue weighted by molar-refractivity contribution is 4.81. The van der Waals surface area contributed by atoms with Gasteiger partial charge in [-0.1, -0.05) is 0 Å². The fraction of sp³-hybridized carbons (Fsp3) is 1.00. The van der Waals surface area contributed by atoms with Gasteiger partial charge in [-0.25, -0.2) is 0 Å². The number of rotatable bonds is 6. The summed E-state index contributed by atoms with van der Waals surface area (Å²) >= 11 is 0. The van der Waals surface area contributed by atoms with Crippen molar-refractivity contribution >= 4 is 0 Å². The van der Waals surface area contributed by atoms with Crippen LogP contribution in [0.2, 0.25) is 0 Å². The lowest BCUT2D eigenvalue weighted by Gasteiger charge is -2.19. The smallest absolute Gasteiger partial charge is 0.0707 e. The predicted octanol–water partition coefficient (Wildman–Crippen LogP) is 1.96. The van der Waals surface area contributed by atoms with Crippen molar-refractivity contribution in [2.24, 2.45) is 0 Å². The summed E-state index contributed by atoms with van der Waals surface area (Å²) in [7, 11) is 0. The molecular weight excluding hydrogens is 190 g/mol. The van der Waals surface area contributed by atoms with Crippen molar-refractivity contribution in [3.05, 3.63) is 0 Å². The van der Waals surface area contributed by atoms with E-state index >= 15 is 0 Å². The first kappa shape index (κ1) is 12.9. The highest BCUT2D eigenvalue weighted by atomic mass is 16.5. The van der Waals surface area contributed by atoms with Gasteiger partial charge in [0.2, 0.25) is 0 Å². The van der Waals surface area contributed by atoms with Gasteiger partial charge in [-0.15, -0.1) is 0 Å². The third-order valence-electron chi connectivity index (χ3n) is 2.66. The molecule has 0 bridgehead atoms. The van der Waals surface area contributed by atoms with Crippen LogP contribution in [-0.2, 0) is 9.47 Å². The number of hydrogen-bond donors (Lipinski definition) is 1. The zero-order chi connectivity index (χ0) is 11.3. The molecule has 1 saturated heterocycles. The van der Waals surface area contributed by atoms with Crippen LogP contribution in [-0.4, -0.2) is 37.5 Å². The molecule has 1 aliphatic heterocycles. The summed E-state index contributed by atoms with van der Waals surface area (Å²) in [4.78, 5) is 0. The van der Waals surface area contributed by atoms with Crippen LogP contribution in [0.5, 0.6) is 0 Å². The summed E-state index contributed by atoms with van der Waals surface area (Å²) in [6.07, 6.45) is 3.06. The molecule has 0 amide bonds. The monoisotopic (exact) mass is 215 g/mol. The number of nitrogens with one attached hydrogen (secondary N) is 1. The largest absolute Gasteiger partial charge is 0.377 e. The van der Waals surface area contributed by atoms with Crippen molar-refractivity contribution in [2.75, 3.05) is 19.7 Å². The van der Waals surface area contributed by atoms with Gasteiger partial charge >= 0.3 is 0 Å². The molecule has 1 unspecified atom stereocenters. The van der Waals surface area contributed by atoms with E-state index in [0.29, 0.717) is 12.2 Å². The summed E-state index contributed by atoms with van der Waals surface area (Å²) in [5.41, 5.74) is 0.0841. The van der Waals surface area contributed by atoms with Crippen LogP contribution >= 0.6 is 0 Å². The molecule has 1 fully saturated rings. The Morgan fingerprint density at radius 2 is 2.20 bits per heavy atom. The molecule has 1 atom stereocenters. The second-order valence-electron chi connectivity index (χ2n) is 5.16. The predicted molar refractivity (Wildman–Crippen MR) is 62.1 cm³/mol. The molecule has 90 valence electrons. The molecule has 1 rings (SSSR count). The SMILES string of the molecule is CC(C)OCCNCC1CCC(C)(C)O1. The molecule has 0 aromatic carbocycles. The van der Waals surface area contributed by atoms with Crippen LogP contribution in [0.4, 0.5) is 0 Å². The normalized spacial score (nSPS) is 25.0. The summed E-state index contributed by atoms with van der Waals surface area (Å²) in [5, 5.41) is 3.37. The summed E-state index contributed by atoms with van der Waals surface area (Å²) in [6.45, 7) is 11.1. The number of ether oxygens (including phenoxy) is 2. The van der Waals surface area contributed by atoms with Crippen LogP contribution in [0, 0.1) is 0 Å². The Labute approximate surface area is 93.5 Å². The lowest BCUT2D eigenvalue weighted by atomic mass is 10.1. The van der Waals surface area contributed by atoms with Gasteiger partial charge < -0.3 is 14.8 Å². The molecule has 0 aromatic rings. The van der Waals surface area contributed by atoms with E-state index in [4.69, 9.17) is 9.47 Å². The summed E-state index contributed by atoms with van der Waals surface area (Å²) in [6, 6.07) is 0. The highest BCUT2D eigenvalue weighted by Crippen LogP contribution is 2.28. The van der Waals surface area contributed by atoms with E-state index in [0.717, 1.165) is 19.7 Å². The molecule has 3 heteroatoms. The van der Waals surface area contributed by atoms with Gasteiger partial charge in [-0.05, 0) is 40.5 Å². The summed E-state index contributed by atoms with van der Waals surface area (Å²) < 4.78 is 11.3. The molecule has 0 aromatic heterocycles.